The number of hydrogen-bond acceptors (Lipinski definition) is 2. The third-order valence-electron chi connectivity index (χ3n) is 8.74. The number of nitrogens with zero attached hydrogens (tertiary/aromatic N) is 4. The van der Waals surface area contributed by atoms with Crippen LogP contribution in [0.5, 0.6) is 0 Å². The van der Waals surface area contributed by atoms with Crippen molar-refractivity contribution in [3.8, 4) is 56.2 Å². The van der Waals surface area contributed by atoms with Gasteiger partial charge in [-0.1, -0.05) is 140 Å². The monoisotopic (exact) mass is 588 g/mol. The lowest BCUT2D eigenvalue weighted by atomic mass is 9.94. The molecule has 4 nitrogen and oxygen atoms in total. The molecule has 0 aliphatic carbocycles. The Bertz CT molecular complexity index is 2510. The van der Waals surface area contributed by atoms with Gasteiger partial charge in [0.15, 0.2) is 0 Å². The first-order valence-electron chi connectivity index (χ1n) is 15.5. The lowest BCUT2D eigenvalue weighted by Gasteiger charge is -2.12. The van der Waals surface area contributed by atoms with Crippen molar-refractivity contribution in [2.75, 3.05) is 0 Å². The van der Waals surface area contributed by atoms with Crippen LogP contribution in [0.1, 0.15) is 0 Å². The maximum absolute atomic E-state index is 5.39. The highest BCUT2D eigenvalue weighted by atomic mass is 15.2. The van der Waals surface area contributed by atoms with E-state index in [9.17, 15) is 0 Å². The Kier molecular flexibility index (Phi) is 6.10. The molecule has 0 saturated heterocycles. The van der Waals surface area contributed by atoms with Crippen molar-refractivity contribution in [1.29, 1.82) is 0 Å². The fourth-order valence-electron chi connectivity index (χ4n) is 6.67. The molecule has 0 unspecified atom stereocenters. The van der Waals surface area contributed by atoms with Crippen LogP contribution in [0.25, 0.3) is 78.1 Å². The van der Waals surface area contributed by atoms with Gasteiger partial charge in [-0.25, -0.2) is 9.50 Å². The van der Waals surface area contributed by atoms with Crippen molar-refractivity contribution >= 4 is 21.9 Å². The third kappa shape index (κ3) is 4.23. The van der Waals surface area contributed by atoms with Crippen LogP contribution in [-0.2, 0) is 0 Å². The average Bonchev–Trinajstić information content (AvgIpc) is 3.73. The van der Waals surface area contributed by atoms with Gasteiger partial charge in [-0.2, -0.15) is 5.10 Å². The quantitative estimate of drug-likeness (QED) is 0.200. The van der Waals surface area contributed by atoms with Crippen LogP contribution in [0.3, 0.4) is 0 Å². The molecule has 0 fully saturated rings. The lowest BCUT2D eigenvalue weighted by molar-refractivity contribution is 0.979. The zero-order valence-electron chi connectivity index (χ0n) is 25.0. The van der Waals surface area contributed by atoms with Crippen LogP contribution in [0.2, 0.25) is 0 Å². The van der Waals surface area contributed by atoms with Gasteiger partial charge < -0.3 is 0 Å². The molecule has 4 heteroatoms. The molecular weight excluding hydrogens is 560 g/mol. The molecular formula is C42H28N4. The molecule has 0 aliphatic heterocycles. The van der Waals surface area contributed by atoms with Gasteiger partial charge in [0, 0.05) is 39.4 Å². The average molecular weight is 589 g/mol. The molecule has 0 radical (unpaired) electrons. The molecule has 5 aromatic carbocycles. The maximum Gasteiger partial charge on any atom is 0.137 e. The Morgan fingerprint density at radius 2 is 1.07 bits per heavy atom. The van der Waals surface area contributed by atoms with E-state index in [2.05, 4.69) is 167 Å². The fraction of sp³-hybridized carbons (Fsp3) is 0. The van der Waals surface area contributed by atoms with E-state index in [1.165, 1.54) is 5.39 Å². The van der Waals surface area contributed by atoms with Crippen LogP contribution < -0.4 is 0 Å². The van der Waals surface area contributed by atoms with E-state index >= 15 is 0 Å². The van der Waals surface area contributed by atoms with Gasteiger partial charge >= 0.3 is 0 Å². The van der Waals surface area contributed by atoms with Crippen molar-refractivity contribution in [3.05, 3.63) is 170 Å². The molecule has 0 atom stereocenters. The standard InChI is InChI=1S/C42H28N4/c1-4-15-29(16-5-1)36-28-32-21-10-11-24-35(32)42-38(39(44-46(36)42)30-17-6-2-7-18-30)33-22-14-23-34(27-33)41-40(31-19-8-3-9-20-31)43-37-25-12-13-26-45(37)41/h1-28H. The summed E-state index contributed by atoms with van der Waals surface area (Å²) in [5.41, 5.74) is 12.6. The van der Waals surface area contributed by atoms with Gasteiger partial charge in [-0.3, -0.25) is 4.40 Å². The largest absolute Gasteiger partial charge is 0.299 e. The minimum Gasteiger partial charge on any atom is -0.299 e. The van der Waals surface area contributed by atoms with Gasteiger partial charge in [0.2, 0.25) is 0 Å². The number of rotatable bonds is 5. The smallest absolute Gasteiger partial charge is 0.137 e. The number of benzene rings is 5. The summed E-state index contributed by atoms with van der Waals surface area (Å²) in [4.78, 5) is 5.10. The second-order valence-corrected chi connectivity index (χ2v) is 11.5. The number of fused-ring (bicyclic) bond motifs is 4. The summed E-state index contributed by atoms with van der Waals surface area (Å²) in [5.74, 6) is 0. The summed E-state index contributed by atoms with van der Waals surface area (Å²) >= 11 is 0. The highest BCUT2D eigenvalue weighted by molar-refractivity contribution is 6.09. The first kappa shape index (κ1) is 26.2. The molecule has 0 N–H and O–H groups in total. The van der Waals surface area contributed by atoms with Gasteiger partial charge in [0.05, 0.1) is 22.6 Å². The maximum atomic E-state index is 5.39. The molecule has 9 aromatic rings. The van der Waals surface area contributed by atoms with Crippen LogP contribution in [0.15, 0.2) is 170 Å². The zero-order chi connectivity index (χ0) is 30.5. The minimum atomic E-state index is 0.918. The minimum absolute atomic E-state index is 0.918. The first-order valence-corrected chi connectivity index (χ1v) is 15.5. The summed E-state index contributed by atoms with van der Waals surface area (Å²) in [6, 6.07) is 57.4. The first-order chi connectivity index (χ1) is 22.8. The molecule has 4 aromatic heterocycles. The molecule has 46 heavy (non-hydrogen) atoms. The topological polar surface area (TPSA) is 34.6 Å². The molecule has 0 aliphatic rings. The van der Waals surface area contributed by atoms with Crippen molar-refractivity contribution < 1.29 is 0 Å². The van der Waals surface area contributed by atoms with Gasteiger partial charge in [0.1, 0.15) is 11.3 Å². The number of aromatic nitrogens is 4. The van der Waals surface area contributed by atoms with Crippen molar-refractivity contribution in [2.24, 2.45) is 0 Å². The highest BCUT2D eigenvalue weighted by Gasteiger charge is 2.23. The van der Waals surface area contributed by atoms with Crippen LogP contribution >= 0.6 is 0 Å². The van der Waals surface area contributed by atoms with E-state index in [-0.39, 0.29) is 0 Å². The second-order valence-electron chi connectivity index (χ2n) is 11.5. The van der Waals surface area contributed by atoms with Gasteiger partial charge in [-0.05, 0) is 35.2 Å². The Hall–Kier alpha value is -6.26. The Morgan fingerprint density at radius 1 is 0.457 bits per heavy atom. The summed E-state index contributed by atoms with van der Waals surface area (Å²) in [7, 11) is 0. The molecule has 9 rings (SSSR count). The lowest BCUT2D eigenvalue weighted by Crippen LogP contribution is -1.95. The van der Waals surface area contributed by atoms with E-state index in [4.69, 9.17) is 10.1 Å². The highest BCUT2D eigenvalue weighted by Crippen LogP contribution is 2.42. The number of hydrogen-bond donors (Lipinski definition) is 0. The Morgan fingerprint density at radius 3 is 1.83 bits per heavy atom. The predicted octanol–water partition coefficient (Wildman–Crippen LogP) is 10.5. The molecule has 0 amide bonds. The van der Waals surface area contributed by atoms with Crippen LogP contribution in [-0.4, -0.2) is 19.0 Å². The van der Waals surface area contributed by atoms with E-state index in [0.29, 0.717) is 0 Å². The summed E-state index contributed by atoms with van der Waals surface area (Å²) in [6.07, 6.45) is 2.10. The molecule has 4 heterocycles. The molecule has 216 valence electrons. The van der Waals surface area contributed by atoms with Crippen molar-refractivity contribution in [3.63, 3.8) is 0 Å². The van der Waals surface area contributed by atoms with E-state index in [1.54, 1.807) is 0 Å². The molecule has 0 saturated carbocycles. The van der Waals surface area contributed by atoms with Crippen molar-refractivity contribution in [1.82, 2.24) is 19.0 Å². The second kappa shape index (κ2) is 10.7. The SMILES string of the molecule is c1ccc(-c2nn3c(-c4ccccc4)cc4ccccc4c3c2-c2cccc(-c3c(-c4ccccc4)nc4ccccn34)c2)cc1. The summed E-state index contributed by atoms with van der Waals surface area (Å²) in [5, 5.41) is 7.74. The molecule has 0 bridgehead atoms. The van der Waals surface area contributed by atoms with E-state index in [0.717, 1.165) is 72.7 Å². The molecule has 0 spiro atoms. The normalized spacial score (nSPS) is 11.5. The van der Waals surface area contributed by atoms with Gasteiger partial charge in [0.25, 0.3) is 0 Å². The predicted molar refractivity (Wildman–Crippen MR) is 189 cm³/mol. The van der Waals surface area contributed by atoms with Gasteiger partial charge in [-0.15, -0.1) is 0 Å². The fourth-order valence-corrected chi connectivity index (χ4v) is 6.67. The van der Waals surface area contributed by atoms with Crippen LogP contribution in [0.4, 0.5) is 0 Å². The summed E-state index contributed by atoms with van der Waals surface area (Å²) in [6.45, 7) is 0. The summed E-state index contributed by atoms with van der Waals surface area (Å²) < 4.78 is 4.34. The Labute approximate surface area is 266 Å². The van der Waals surface area contributed by atoms with Crippen LogP contribution in [0, 0.1) is 0 Å². The Balaban J connectivity index is 1.37. The number of imidazole rings is 1. The third-order valence-corrected chi connectivity index (χ3v) is 8.74. The van der Waals surface area contributed by atoms with Crippen molar-refractivity contribution in [2.45, 2.75) is 0 Å². The zero-order valence-corrected chi connectivity index (χ0v) is 25.0. The van der Waals surface area contributed by atoms with E-state index < -0.39 is 0 Å². The number of pyridine rings is 2. The van der Waals surface area contributed by atoms with E-state index in [1.807, 2.05) is 12.1 Å².